The summed E-state index contributed by atoms with van der Waals surface area (Å²) < 4.78 is 4.83. The number of benzene rings is 2. The molecule has 0 spiro atoms. The minimum Gasteiger partial charge on any atom is -0.450 e. The highest BCUT2D eigenvalue weighted by Crippen LogP contribution is 2.33. The van der Waals surface area contributed by atoms with E-state index >= 15 is 0 Å². The largest absolute Gasteiger partial charge is 0.450 e. The van der Waals surface area contributed by atoms with Gasteiger partial charge in [0.05, 0.1) is 18.0 Å². The molecule has 142 valence electrons. The molecule has 0 bridgehead atoms. The summed E-state index contributed by atoms with van der Waals surface area (Å²) in [6.45, 7) is 4.20. The average Bonchev–Trinajstić information content (AvgIpc) is 2.87. The number of ether oxygens (including phenoxy) is 1. The Bertz CT molecular complexity index is 779. The van der Waals surface area contributed by atoms with Crippen LogP contribution in [0.3, 0.4) is 0 Å². The van der Waals surface area contributed by atoms with Crippen LogP contribution in [0.1, 0.15) is 18.9 Å². The highest BCUT2D eigenvalue weighted by atomic mass is 16.5. The third-order valence-electron chi connectivity index (χ3n) is 4.50. The summed E-state index contributed by atoms with van der Waals surface area (Å²) in [5.41, 5.74) is 3.14. The summed E-state index contributed by atoms with van der Waals surface area (Å²) in [6.07, 6.45) is 0.284. The Balaban J connectivity index is 1.77. The van der Waals surface area contributed by atoms with Crippen molar-refractivity contribution in [3.63, 3.8) is 0 Å². The van der Waals surface area contributed by atoms with Gasteiger partial charge >= 0.3 is 6.09 Å². The molecule has 27 heavy (non-hydrogen) atoms. The second kappa shape index (κ2) is 9.07. The minimum absolute atomic E-state index is 0.0775. The lowest BCUT2D eigenvalue weighted by Crippen LogP contribution is -2.40. The Morgan fingerprint density at radius 2 is 1.70 bits per heavy atom. The lowest BCUT2D eigenvalue weighted by atomic mass is 10.1. The van der Waals surface area contributed by atoms with Gasteiger partial charge in [-0.1, -0.05) is 42.5 Å². The van der Waals surface area contributed by atoms with Crippen LogP contribution >= 0.6 is 0 Å². The molecule has 3 rings (SSSR count). The van der Waals surface area contributed by atoms with Crippen molar-refractivity contribution in [2.45, 2.75) is 19.9 Å². The molecule has 2 aromatic rings. The van der Waals surface area contributed by atoms with Crippen LogP contribution in [-0.2, 0) is 16.1 Å². The van der Waals surface area contributed by atoms with E-state index in [2.05, 4.69) is 22.3 Å². The second-order valence-electron chi connectivity index (χ2n) is 6.37. The molecule has 0 fully saturated rings. The number of anilines is 2. The number of amides is 2. The van der Waals surface area contributed by atoms with Gasteiger partial charge in [-0.15, -0.1) is 0 Å². The summed E-state index contributed by atoms with van der Waals surface area (Å²) in [7, 11) is 0. The summed E-state index contributed by atoms with van der Waals surface area (Å²) >= 11 is 0. The highest BCUT2D eigenvalue weighted by molar-refractivity contribution is 5.99. The molecule has 0 aromatic heterocycles. The van der Waals surface area contributed by atoms with Crippen molar-refractivity contribution in [3.8, 4) is 0 Å². The molecule has 2 amide bonds. The summed E-state index contributed by atoms with van der Waals surface area (Å²) in [5.74, 6) is -0.142. The number of hydrogen-bond acceptors (Lipinski definition) is 4. The predicted octanol–water partition coefficient (Wildman–Crippen LogP) is 3.18. The van der Waals surface area contributed by atoms with Gasteiger partial charge in [0.2, 0.25) is 5.91 Å². The maximum Gasteiger partial charge on any atom is 0.407 e. The van der Waals surface area contributed by atoms with Crippen molar-refractivity contribution in [1.82, 2.24) is 5.32 Å². The fourth-order valence-corrected chi connectivity index (χ4v) is 3.27. The van der Waals surface area contributed by atoms with E-state index in [0.29, 0.717) is 6.54 Å². The molecule has 1 aliphatic rings. The van der Waals surface area contributed by atoms with E-state index in [1.54, 1.807) is 11.8 Å². The van der Waals surface area contributed by atoms with Crippen LogP contribution < -0.4 is 15.1 Å². The molecule has 0 saturated heterocycles. The first-order valence-corrected chi connectivity index (χ1v) is 9.28. The number of carbonyl (C=O) groups excluding carboxylic acids is 2. The standard InChI is InChI=1S/C21H25N3O3/c1-2-27-21(26)22-15-20(25)24-14-8-13-23(16-17-9-4-3-5-10-17)18-11-6-7-12-19(18)24/h3-7,9-12H,2,8,13-16H2,1H3,(H,22,26). The van der Waals surface area contributed by atoms with Gasteiger partial charge < -0.3 is 19.9 Å². The number of rotatable bonds is 5. The van der Waals surface area contributed by atoms with Crippen LogP contribution in [-0.4, -0.2) is 38.2 Å². The maximum absolute atomic E-state index is 12.7. The van der Waals surface area contributed by atoms with Crippen molar-refractivity contribution in [2.75, 3.05) is 36.0 Å². The van der Waals surface area contributed by atoms with Gasteiger partial charge in [0.15, 0.2) is 0 Å². The Morgan fingerprint density at radius 1 is 1.00 bits per heavy atom. The number of carbonyl (C=O) groups is 2. The Kier molecular flexibility index (Phi) is 6.30. The van der Waals surface area contributed by atoms with Crippen LogP contribution in [0.15, 0.2) is 54.6 Å². The predicted molar refractivity (Wildman–Crippen MR) is 106 cm³/mol. The average molecular weight is 367 g/mol. The molecule has 0 unspecified atom stereocenters. The zero-order chi connectivity index (χ0) is 19.1. The van der Waals surface area contributed by atoms with E-state index in [1.807, 2.05) is 42.5 Å². The number of nitrogens with zero attached hydrogens (tertiary/aromatic N) is 2. The fraction of sp³-hybridized carbons (Fsp3) is 0.333. The Labute approximate surface area is 159 Å². The highest BCUT2D eigenvalue weighted by Gasteiger charge is 2.24. The van der Waals surface area contributed by atoms with Gasteiger partial charge in [0, 0.05) is 19.6 Å². The molecule has 1 N–H and O–H groups in total. The third-order valence-corrected chi connectivity index (χ3v) is 4.50. The molecule has 0 aliphatic carbocycles. The quantitative estimate of drug-likeness (QED) is 0.882. The first kappa shape index (κ1) is 18.8. The lowest BCUT2D eigenvalue weighted by molar-refractivity contribution is -0.117. The molecule has 2 aromatic carbocycles. The fourth-order valence-electron chi connectivity index (χ4n) is 3.27. The Hall–Kier alpha value is -3.02. The molecule has 1 aliphatic heterocycles. The zero-order valence-electron chi connectivity index (χ0n) is 15.6. The van der Waals surface area contributed by atoms with E-state index < -0.39 is 6.09 Å². The van der Waals surface area contributed by atoms with Crippen LogP contribution in [0, 0.1) is 0 Å². The van der Waals surface area contributed by atoms with Crippen LogP contribution in [0.4, 0.5) is 16.2 Å². The van der Waals surface area contributed by atoms with Gasteiger partial charge in [-0.05, 0) is 31.0 Å². The summed E-state index contributed by atoms with van der Waals surface area (Å²) in [5, 5.41) is 2.52. The molecule has 1 heterocycles. The summed E-state index contributed by atoms with van der Waals surface area (Å²) in [4.78, 5) is 28.3. The number of alkyl carbamates (subject to hydrolysis) is 1. The summed E-state index contributed by atoms with van der Waals surface area (Å²) in [6, 6.07) is 18.2. The zero-order valence-corrected chi connectivity index (χ0v) is 15.6. The normalized spacial score (nSPS) is 13.5. The van der Waals surface area contributed by atoms with Gasteiger partial charge in [-0.25, -0.2) is 4.79 Å². The Morgan fingerprint density at radius 3 is 2.44 bits per heavy atom. The van der Waals surface area contributed by atoms with Crippen molar-refractivity contribution < 1.29 is 14.3 Å². The topological polar surface area (TPSA) is 61.9 Å². The maximum atomic E-state index is 12.7. The van der Waals surface area contributed by atoms with Crippen LogP contribution in [0.25, 0.3) is 0 Å². The van der Waals surface area contributed by atoms with E-state index in [4.69, 9.17) is 4.74 Å². The number of fused-ring (bicyclic) bond motifs is 1. The SMILES string of the molecule is CCOC(=O)NCC(=O)N1CCCN(Cc2ccccc2)c2ccccc21. The van der Waals surface area contributed by atoms with E-state index in [9.17, 15) is 9.59 Å². The molecular formula is C21H25N3O3. The molecule has 0 radical (unpaired) electrons. The van der Waals surface area contributed by atoms with E-state index in [0.717, 1.165) is 30.9 Å². The first-order valence-electron chi connectivity index (χ1n) is 9.28. The second-order valence-corrected chi connectivity index (χ2v) is 6.37. The monoisotopic (exact) mass is 367 g/mol. The molecule has 6 heteroatoms. The molecule has 0 atom stereocenters. The van der Waals surface area contributed by atoms with Crippen molar-refractivity contribution >= 4 is 23.4 Å². The van der Waals surface area contributed by atoms with Gasteiger partial charge in [-0.2, -0.15) is 0 Å². The van der Waals surface area contributed by atoms with Gasteiger partial charge in [-0.3, -0.25) is 4.79 Å². The van der Waals surface area contributed by atoms with Crippen LogP contribution in [0.5, 0.6) is 0 Å². The molecule has 6 nitrogen and oxygen atoms in total. The number of hydrogen-bond donors (Lipinski definition) is 1. The molecular weight excluding hydrogens is 342 g/mol. The lowest BCUT2D eigenvalue weighted by Gasteiger charge is -2.27. The smallest absolute Gasteiger partial charge is 0.407 e. The van der Waals surface area contributed by atoms with Crippen molar-refractivity contribution in [1.29, 1.82) is 0 Å². The van der Waals surface area contributed by atoms with Gasteiger partial charge in [0.25, 0.3) is 0 Å². The first-order chi connectivity index (χ1) is 13.2. The van der Waals surface area contributed by atoms with Crippen LogP contribution in [0.2, 0.25) is 0 Å². The third kappa shape index (κ3) is 4.78. The van der Waals surface area contributed by atoms with Crippen molar-refractivity contribution in [2.24, 2.45) is 0 Å². The van der Waals surface area contributed by atoms with Gasteiger partial charge in [0.1, 0.15) is 6.54 Å². The molecule has 0 saturated carbocycles. The minimum atomic E-state index is -0.570. The number of para-hydroxylation sites is 2. The van der Waals surface area contributed by atoms with E-state index in [1.165, 1.54) is 5.56 Å². The number of nitrogens with one attached hydrogen (secondary N) is 1. The van der Waals surface area contributed by atoms with Crippen molar-refractivity contribution in [3.05, 3.63) is 60.2 Å². The van der Waals surface area contributed by atoms with E-state index in [-0.39, 0.29) is 19.1 Å².